The van der Waals surface area contributed by atoms with Crippen LogP contribution in [-0.2, 0) is 4.79 Å². The summed E-state index contributed by atoms with van der Waals surface area (Å²) in [5, 5.41) is 8.92. The zero-order valence-corrected chi connectivity index (χ0v) is 8.96. The van der Waals surface area contributed by atoms with Crippen LogP contribution in [0.3, 0.4) is 0 Å². The van der Waals surface area contributed by atoms with Crippen molar-refractivity contribution >= 4 is 5.97 Å². The van der Waals surface area contributed by atoms with Gasteiger partial charge in [-0.05, 0) is 13.3 Å². The monoisotopic (exact) mass is 230 g/mol. The summed E-state index contributed by atoms with van der Waals surface area (Å²) in [6.45, 7) is 2.96. The van der Waals surface area contributed by atoms with Gasteiger partial charge in [-0.1, -0.05) is 6.92 Å². The molecule has 1 unspecified atom stereocenters. The van der Waals surface area contributed by atoms with Crippen molar-refractivity contribution < 1.29 is 23.4 Å². The van der Waals surface area contributed by atoms with E-state index in [0.717, 1.165) is 12.1 Å². The average molecular weight is 230 g/mol. The molecule has 1 rings (SSSR count). The number of hydrogen-bond donors (Lipinski definition) is 1. The lowest BCUT2D eigenvalue weighted by Crippen LogP contribution is -2.40. The fraction of sp³-hybridized carbons (Fsp3) is 0.364. The zero-order valence-electron chi connectivity index (χ0n) is 8.96. The van der Waals surface area contributed by atoms with E-state index >= 15 is 0 Å². The summed E-state index contributed by atoms with van der Waals surface area (Å²) in [6, 6.07) is 2.58. The van der Waals surface area contributed by atoms with Gasteiger partial charge in [0.15, 0.2) is 0 Å². The van der Waals surface area contributed by atoms with Crippen LogP contribution in [0, 0.1) is 11.6 Å². The van der Waals surface area contributed by atoms with E-state index in [9.17, 15) is 13.6 Å². The maximum absolute atomic E-state index is 12.8. The molecule has 0 saturated heterocycles. The maximum atomic E-state index is 12.8. The van der Waals surface area contributed by atoms with Crippen molar-refractivity contribution in [3.05, 3.63) is 29.8 Å². The Kier molecular flexibility index (Phi) is 3.47. The van der Waals surface area contributed by atoms with Crippen molar-refractivity contribution in [2.75, 3.05) is 0 Å². The summed E-state index contributed by atoms with van der Waals surface area (Å²) < 4.78 is 30.8. The molecule has 0 aliphatic rings. The van der Waals surface area contributed by atoms with E-state index in [4.69, 9.17) is 9.84 Å². The lowest BCUT2D eigenvalue weighted by Gasteiger charge is -2.24. The predicted octanol–water partition coefficient (Wildman–Crippen LogP) is 2.60. The highest BCUT2D eigenvalue weighted by molar-refractivity contribution is 5.77. The molecule has 1 aromatic rings. The predicted molar refractivity (Wildman–Crippen MR) is 53.3 cm³/mol. The van der Waals surface area contributed by atoms with Crippen molar-refractivity contribution in [3.8, 4) is 5.75 Å². The Balaban J connectivity index is 2.99. The number of ether oxygens (including phenoxy) is 1. The second-order valence-electron chi connectivity index (χ2n) is 3.60. The molecule has 0 fully saturated rings. The molecule has 0 saturated carbocycles. The third-order valence-electron chi connectivity index (χ3n) is 2.31. The van der Waals surface area contributed by atoms with Gasteiger partial charge in [0.2, 0.25) is 5.60 Å². The number of rotatable bonds is 4. The van der Waals surface area contributed by atoms with Crippen molar-refractivity contribution in [1.29, 1.82) is 0 Å². The minimum atomic E-state index is -1.49. The highest BCUT2D eigenvalue weighted by Gasteiger charge is 2.33. The zero-order chi connectivity index (χ0) is 12.3. The SMILES string of the molecule is CCC(C)(Oc1cc(F)cc(F)c1)C(=O)O. The first-order chi connectivity index (χ1) is 7.37. The molecule has 1 atom stereocenters. The molecule has 88 valence electrons. The van der Waals surface area contributed by atoms with Crippen molar-refractivity contribution in [2.45, 2.75) is 25.9 Å². The van der Waals surface area contributed by atoms with Crippen molar-refractivity contribution in [3.63, 3.8) is 0 Å². The smallest absolute Gasteiger partial charge is 0.347 e. The minimum absolute atomic E-state index is 0.135. The number of hydrogen-bond acceptors (Lipinski definition) is 2. The topological polar surface area (TPSA) is 46.5 Å². The first-order valence-corrected chi connectivity index (χ1v) is 4.76. The second kappa shape index (κ2) is 4.47. The van der Waals surface area contributed by atoms with Gasteiger partial charge in [0.1, 0.15) is 17.4 Å². The molecule has 1 aromatic carbocycles. The van der Waals surface area contributed by atoms with Gasteiger partial charge >= 0.3 is 5.97 Å². The molecule has 0 heterocycles. The second-order valence-corrected chi connectivity index (χ2v) is 3.60. The summed E-state index contributed by atoms with van der Waals surface area (Å²) in [4.78, 5) is 10.9. The van der Waals surface area contributed by atoms with Crippen LogP contribution >= 0.6 is 0 Å². The third kappa shape index (κ3) is 2.68. The number of halogens is 2. The largest absolute Gasteiger partial charge is 0.478 e. The Morgan fingerprint density at radius 1 is 1.38 bits per heavy atom. The van der Waals surface area contributed by atoms with E-state index in [0.29, 0.717) is 6.07 Å². The van der Waals surface area contributed by atoms with Gasteiger partial charge in [-0.25, -0.2) is 13.6 Å². The summed E-state index contributed by atoms with van der Waals surface area (Å²) >= 11 is 0. The molecular formula is C11H12F2O3. The summed E-state index contributed by atoms with van der Waals surface area (Å²) in [7, 11) is 0. The molecular weight excluding hydrogens is 218 g/mol. The number of carbonyl (C=O) groups is 1. The first-order valence-electron chi connectivity index (χ1n) is 4.76. The van der Waals surface area contributed by atoms with Gasteiger partial charge in [0, 0.05) is 18.2 Å². The molecule has 0 aliphatic heterocycles. The Hall–Kier alpha value is -1.65. The summed E-state index contributed by atoms with van der Waals surface area (Å²) in [6.07, 6.45) is 0.181. The third-order valence-corrected chi connectivity index (χ3v) is 2.31. The highest BCUT2D eigenvalue weighted by Crippen LogP contribution is 2.23. The Bertz CT molecular complexity index is 386. The number of aliphatic carboxylic acids is 1. The Morgan fingerprint density at radius 2 is 1.88 bits per heavy atom. The fourth-order valence-electron chi connectivity index (χ4n) is 1.11. The van der Waals surface area contributed by atoms with Gasteiger partial charge in [0.05, 0.1) is 0 Å². The molecule has 0 aromatic heterocycles. The molecule has 16 heavy (non-hydrogen) atoms. The molecule has 5 heteroatoms. The van der Waals surface area contributed by atoms with E-state index in [2.05, 4.69) is 0 Å². The van der Waals surface area contributed by atoms with Crippen LogP contribution in [0.5, 0.6) is 5.75 Å². The van der Waals surface area contributed by atoms with Gasteiger partial charge < -0.3 is 9.84 Å². The Morgan fingerprint density at radius 3 is 2.25 bits per heavy atom. The highest BCUT2D eigenvalue weighted by atomic mass is 19.1. The maximum Gasteiger partial charge on any atom is 0.347 e. The normalized spacial score (nSPS) is 14.2. The van der Waals surface area contributed by atoms with Crippen molar-refractivity contribution in [1.82, 2.24) is 0 Å². The molecule has 0 radical (unpaired) electrons. The molecule has 0 bridgehead atoms. The van der Waals surface area contributed by atoms with Crippen LogP contribution in [0.2, 0.25) is 0 Å². The van der Waals surface area contributed by atoms with Gasteiger partial charge in [-0.3, -0.25) is 0 Å². The van der Waals surface area contributed by atoms with Crippen molar-refractivity contribution in [2.24, 2.45) is 0 Å². The quantitative estimate of drug-likeness (QED) is 0.864. The average Bonchev–Trinajstić information content (AvgIpc) is 2.15. The van der Waals surface area contributed by atoms with E-state index in [1.54, 1.807) is 6.92 Å². The van der Waals surface area contributed by atoms with Crippen LogP contribution in [0.1, 0.15) is 20.3 Å². The Labute approximate surface area is 91.7 Å². The summed E-state index contributed by atoms with van der Waals surface area (Å²) in [5.41, 5.74) is -1.49. The number of carboxylic acid groups (broad SMARTS) is 1. The lowest BCUT2D eigenvalue weighted by atomic mass is 10.0. The molecule has 0 aliphatic carbocycles. The van der Waals surface area contributed by atoms with E-state index in [-0.39, 0.29) is 12.2 Å². The van der Waals surface area contributed by atoms with Gasteiger partial charge in [-0.2, -0.15) is 0 Å². The number of benzene rings is 1. The molecule has 1 N–H and O–H groups in total. The van der Waals surface area contributed by atoms with Crippen LogP contribution in [0.25, 0.3) is 0 Å². The van der Waals surface area contributed by atoms with Crippen LogP contribution in [-0.4, -0.2) is 16.7 Å². The van der Waals surface area contributed by atoms with E-state index in [1.807, 2.05) is 0 Å². The van der Waals surface area contributed by atoms with Gasteiger partial charge in [-0.15, -0.1) is 0 Å². The van der Waals surface area contributed by atoms with Gasteiger partial charge in [0.25, 0.3) is 0 Å². The van der Waals surface area contributed by atoms with Crippen LogP contribution < -0.4 is 4.74 Å². The lowest BCUT2D eigenvalue weighted by molar-refractivity contribution is -0.154. The number of carboxylic acids is 1. The van der Waals surface area contributed by atoms with E-state index < -0.39 is 23.2 Å². The van der Waals surface area contributed by atoms with Crippen LogP contribution in [0.15, 0.2) is 18.2 Å². The van der Waals surface area contributed by atoms with E-state index in [1.165, 1.54) is 6.92 Å². The standard InChI is InChI=1S/C11H12F2O3/c1-3-11(2,10(14)15)16-9-5-7(12)4-8(13)6-9/h4-6H,3H2,1-2H3,(H,14,15). The first kappa shape index (κ1) is 12.4. The molecule has 0 amide bonds. The molecule has 0 spiro atoms. The van der Waals surface area contributed by atoms with Crippen LogP contribution in [0.4, 0.5) is 8.78 Å². The summed E-state index contributed by atoms with van der Waals surface area (Å²) in [5.74, 6) is -2.93. The minimum Gasteiger partial charge on any atom is -0.478 e. The fourth-order valence-corrected chi connectivity index (χ4v) is 1.11. The molecule has 3 nitrogen and oxygen atoms in total.